The molecule has 2 aromatic heterocycles. The smallest absolute Gasteiger partial charge is 0.347 e. The number of carboxylic acids is 1. The number of thiophene rings is 1. The van der Waals surface area contributed by atoms with Crippen molar-refractivity contribution in [2.75, 3.05) is 5.32 Å². The van der Waals surface area contributed by atoms with E-state index in [2.05, 4.69) is 26.2 Å². The highest BCUT2D eigenvalue weighted by Gasteiger charge is 2.13. The summed E-state index contributed by atoms with van der Waals surface area (Å²) in [5, 5.41) is 12.7. The number of anilines is 1. The molecule has 0 aliphatic heterocycles. The summed E-state index contributed by atoms with van der Waals surface area (Å²) < 4.78 is 1.08. The van der Waals surface area contributed by atoms with Crippen molar-refractivity contribution in [2.45, 2.75) is 13.5 Å². The minimum atomic E-state index is -0.924. The number of hydrogen-bond acceptors (Lipinski definition) is 5. The Morgan fingerprint density at radius 2 is 2.29 bits per heavy atom. The molecule has 0 spiro atoms. The standard InChI is InChI=1S/C10H9BrN2O2S2/c1-5-8(9(14)15)17-10(13-5)12-4-6-2-3-7(11)16-6/h2-3H,4H2,1H3,(H,12,13)(H,14,15). The number of aromatic carboxylic acids is 1. The van der Waals surface area contributed by atoms with E-state index < -0.39 is 5.97 Å². The predicted octanol–water partition coefficient (Wildman–Crippen LogP) is 3.59. The van der Waals surface area contributed by atoms with E-state index in [0.717, 1.165) is 15.1 Å². The molecular weight excluding hydrogens is 324 g/mol. The Morgan fingerprint density at radius 3 is 2.82 bits per heavy atom. The van der Waals surface area contributed by atoms with Gasteiger partial charge in [-0.2, -0.15) is 0 Å². The lowest BCUT2D eigenvalue weighted by Crippen LogP contribution is -1.96. The summed E-state index contributed by atoms with van der Waals surface area (Å²) in [6.07, 6.45) is 0. The Morgan fingerprint density at radius 1 is 1.53 bits per heavy atom. The van der Waals surface area contributed by atoms with Crippen molar-refractivity contribution in [2.24, 2.45) is 0 Å². The molecule has 2 rings (SSSR count). The van der Waals surface area contributed by atoms with Gasteiger partial charge in [-0.15, -0.1) is 11.3 Å². The first-order valence-electron chi connectivity index (χ1n) is 4.75. The second kappa shape index (κ2) is 5.16. The molecule has 0 radical (unpaired) electrons. The second-order valence-corrected chi connectivity index (χ2v) is 6.84. The molecule has 0 fully saturated rings. The van der Waals surface area contributed by atoms with Gasteiger partial charge in [0.15, 0.2) is 5.13 Å². The molecule has 0 unspecified atom stereocenters. The molecule has 0 amide bonds. The molecule has 2 N–H and O–H groups in total. The molecule has 0 aliphatic carbocycles. The maximum absolute atomic E-state index is 10.9. The molecule has 0 aliphatic rings. The molecule has 0 atom stereocenters. The van der Waals surface area contributed by atoms with Gasteiger partial charge in [0.2, 0.25) is 0 Å². The van der Waals surface area contributed by atoms with E-state index in [9.17, 15) is 4.79 Å². The fourth-order valence-corrected chi connectivity index (χ4v) is 3.50. The van der Waals surface area contributed by atoms with Crippen LogP contribution in [0.25, 0.3) is 0 Å². The summed E-state index contributed by atoms with van der Waals surface area (Å²) in [4.78, 5) is 16.5. The number of nitrogens with one attached hydrogen (secondary N) is 1. The molecule has 7 heteroatoms. The minimum Gasteiger partial charge on any atom is -0.477 e. The van der Waals surface area contributed by atoms with Crippen molar-refractivity contribution in [3.8, 4) is 0 Å². The summed E-state index contributed by atoms with van der Waals surface area (Å²) in [5.74, 6) is -0.924. The first-order chi connectivity index (χ1) is 8.06. The zero-order valence-electron chi connectivity index (χ0n) is 8.86. The van der Waals surface area contributed by atoms with Crippen LogP contribution in [-0.4, -0.2) is 16.1 Å². The van der Waals surface area contributed by atoms with Crippen LogP contribution in [0.5, 0.6) is 0 Å². The van der Waals surface area contributed by atoms with Gasteiger partial charge >= 0.3 is 5.97 Å². The fraction of sp³-hybridized carbons (Fsp3) is 0.200. The van der Waals surface area contributed by atoms with Crippen molar-refractivity contribution in [1.82, 2.24) is 4.98 Å². The second-order valence-electron chi connectivity index (χ2n) is 3.30. The molecule has 4 nitrogen and oxygen atoms in total. The van der Waals surface area contributed by atoms with Crippen LogP contribution in [0.15, 0.2) is 15.9 Å². The summed E-state index contributed by atoms with van der Waals surface area (Å²) >= 11 is 6.20. The summed E-state index contributed by atoms with van der Waals surface area (Å²) in [6, 6.07) is 4.00. The van der Waals surface area contributed by atoms with Crippen molar-refractivity contribution >= 4 is 49.7 Å². The lowest BCUT2D eigenvalue weighted by atomic mass is 10.4. The zero-order chi connectivity index (χ0) is 12.4. The number of rotatable bonds is 4. The van der Waals surface area contributed by atoms with Crippen molar-refractivity contribution in [3.63, 3.8) is 0 Å². The van der Waals surface area contributed by atoms with Crippen LogP contribution >= 0.6 is 38.6 Å². The van der Waals surface area contributed by atoms with Crippen LogP contribution < -0.4 is 5.32 Å². The van der Waals surface area contributed by atoms with Gasteiger partial charge in [0.05, 0.1) is 16.0 Å². The topological polar surface area (TPSA) is 62.2 Å². The molecule has 90 valence electrons. The minimum absolute atomic E-state index is 0.292. The van der Waals surface area contributed by atoms with E-state index in [0.29, 0.717) is 22.2 Å². The van der Waals surface area contributed by atoms with Gasteiger partial charge in [-0.05, 0) is 35.0 Å². The van der Waals surface area contributed by atoms with Crippen LogP contribution in [0.4, 0.5) is 5.13 Å². The van der Waals surface area contributed by atoms with Crippen LogP contribution in [0.3, 0.4) is 0 Å². The molecule has 2 aromatic rings. The van der Waals surface area contributed by atoms with Gasteiger partial charge in [0.1, 0.15) is 4.88 Å². The number of thiazole rings is 1. The highest BCUT2D eigenvalue weighted by atomic mass is 79.9. The Hall–Kier alpha value is -0.920. The van der Waals surface area contributed by atoms with Crippen LogP contribution in [0, 0.1) is 6.92 Å². The van der Waals surface area contributed by atoms with E-state index >= 15 is 0 Å². The number of aromatic nitrogens is 1. The monoisotopic (exact) mass is 332 g/mol. The van der Waals surface area contributed by atoms with E-state index in [1.165, 1.54) is 4.88 Å². The third-order valence-corrected chi connectivity index (χ3v) is 4.76. The van der Waals surface area contributed by atoms with Crippen molar-refractivity contribution < 1.29 is 9.90 Å². The number of halogens is 1. The number of nitrogens with zero attached hydrogens (tertiary/aromatic N) is 1. The number of hydrogen-bond donors (Lipinski definition) is 2. The highest BCUT2D eigenvalue weighted by Crippen LogP contribution is 2.25. The Bertz CT molecular complexity index is 550. The lowest BCUT2D eigenvalue weighted by molar-refractivity contribution is 0.0701. The molecule has 0 saturated carbocycles. The Labute approximate surface area is 114 Å². The Kier molecular flexibility index (Phi) is 3.80. The average molecular weight is 333 g/mol. The maximum Gasteiger partial charge on any atom is 0.347 e. The van der Waals surface area contributed by atoms with Crippen LogP contribution in [0.1, 0.15) is 20.2 Å². The number of carboxylic acid groups (broad SMARTS) is 1. The van der Waals surface area contributed by atoms with Gasteiger partial charge in [-0.3, -0.25) is 0 Å². The van der Waals surface area contributed by atoms with Crippen molar-refractivity contribution in [3.05, 3.63) is 31.4 Å². The predicted molar refractivity (Wildman–Crippen MR) is 73.2 cm³/mol. The van der Waals surface area contributed by atoms with Gasteiger partial charge in [0.25, 0.3) is 0 Å². The van der Waals surface area contributed by atoms with Crippen LogP contribution in [-0.2, 0) is 6.54 Å². The maximum atomic E-state index is 10.9. The van der Waals surface area contributed by atoms with E-state index in [1.807, 2.05) is 12.1 Å². The largest absolute Gasteiger partial charge is 0.477 e. The summed E-state index contributed by atoms with van der Waals surface area (Å²) in [5.41, 5.74) is 0.553. The Balaban J connectivity index is 2.04. The zero-order valence-corrected chi connectivity index (χ0v) is 12.1. The van der Waals surface area contributed by atoms with E-state index in [4.69, 9.17) is 5.11 Å². The SMILES string of the molecule is Cc1nc(NCc2ccc(Br)s2)sc1C(=O)O. The molecule has 0 bridgehead atoms. The van der Waals surface area contributed by atoms with Gasteiger partial charge in [-0.25, -0.2) is 9.78 Å². The summed E-state index contributed by atoms with van der Waals surface area (Å²) in [7, 11) is 0. The van der Waals surface area contributed by atoms with Gasteiger partial charge in [0, 0.05) is 4.88 Å². The molecule has 0 saturated heterocycles. The normalized spacial score (nSPS) is 10.5. The lowest BCUT2D eigenvalue weighted by Gasteiger charge is -1.98. The van der Waals surface area contributed by atoms with Gasteiger partial charge in [-0.1, -0.05) is 11.3 Å². The molecule has 17 heavy (non-hydrogen) atoms. The average Bonchev–Trinajstić information content (AvgIpc) is 2.82. The molecular formula is C10H9BrN2O2S2. The third kappa shape index (κ3) is 3.05. The third-order valence-electron chi connectivity index (χ3n) is 2.03. The molecule has 2 heterocycles. The van der Waals surface area contributed by atoms with E-state index in [-0.39, 0.29) is 0 Å². The highest BCUT2D eigenvalue weighted by molar-refractivity contribution is 9.11. The first kappa shape index (κ1) is 12.5. The summed E-state index contributed by atoms with van der Waals surface area (Å²) in [6.45, 7) is 2.36. The first-order valence-corrected chi connectivity index (χ1v) is 7.17. The van der Waals surface area contributed by atoms with Gasteiger partial charge < -0.3 is 10.4 Å². The number of carbonyl (C=O) groups is 1. The number of aryl methyl sites for hydroxylation is 1. The van der Waals surface area contributed by atoms with E-state index in [1.54, 1.807) is 18.3 Å². The van der Waals surface area contributed by atoms with Crippen molar-refractivity contribution in [1.29, 1.82) is 0 Å². The molecule has 0 aromatic carbocycles. The fourth-order valence-electron chi connectivity index (χ4n) is 1.28. The quantitative estimate of drug-likeness (QED) is 0.898. The van der Waals surface area contributed by atoms with Crippen LogP contribution in [0.2, 0.25) is 0 Å².